The van der Waals surface area contributed by atoms with Crippen LogP contribution in [0.5, 0.6) is 0 Å². The van der Waals surface area contributed by atoms with Gasteiger partial charge in [-0.2, -0.15) is 5.10 Å². The first-order chi connectivity index (χ1) is 8.70. The Morgan fingerprint density at radius 1 is 1.58 bits per heavy atom. The van der Waals surface area contributed by atoms with Gasteiger partial charge in [-0.25, -0.2) is 0 Å². The van der Waals surface area contributed by atoms with Crippen molar-refractivity contribution in [2.75, 3.05) is 0 Å². The highest BCUT2D eigenvalue weighted by molar-refractivity contribution is 8.01. The van der Waals surface area contributed by atoms with Gasteiger partial charge in [0, 0.05) is 6.54 Å². The Kier molecular flexibility index (Phi) is 4.56. The van der Waals surface area contributed by atoms with Crippen LogP contribution < -0.4 is 0 Å². The Hall–Kier alpha value is -1.57. The zero-order chi connectivity index (χ0) is 14.8. The van der Waals surface area contributed by atoms with Crippen molar-refractivity contribution in [3.8, 4) is 0 Å². The van der Waals surface area contributed by atoms with Gasteiger partial charge in [0.05, 0.1) is 4.92 Å². The van der Waals surface area contributed by atoms with Crippen LogP contribution in [0, 0.1) is 17.0 Å². The van der Waals surface area contributed by atoms with Crippen LogP contribution in [0.1, 0.15) is 32.9 Å². The number of rotatable bonds is 6. The van der Waals surface area contributed by atoms with Crippen molar-refractivity contribution in [1.82, 2.24) is 9.78 Å². The highest BCUT2D eigenvalue weighted by atomic mass is 32.2. The molecule has 0 fully saturated rings. The van der Waals surface area contributed by atoms with Crippen LogP contribution in [0.2, 0.25) is 0 Å². The summed E-state index contributed by atoms with van der Waals surface area (Å²) in [6.07, 6.45) is 0.763. The lowest BCUT2D eigenvalue weighted by Gasteiger charge is -2.18. The first-order valence-corrected chi connectivity index (χ1v) is 6.66. The molecule has 0 radical (unpaired) electrons. The smallest absolute Gasteiger partial charge is 0.323 e. The van der Waals surface area contributed by atoms with Gasteiger partial charge in [0.15, 0.2) is 5.03 Å². The van der Waals surface area contributed by atoms with E-state index in [1.165, 1.54) is 18.5 Å². The summed E-state index contributed by atoms with van der Waals surface area (Å²) in [4.78, 5) is 21.8. The molecule has 0 bridgehead atoms. The van der Waals surface area contributed by atoms with E-state index in [9.17, 15) is 14.9 Å². The molecule has 1 aromatic rings. The molecule has 7 nitrogen and oxygen atoms in total. The van der Waals surface area contributed by atoms with Crippen molar-refractivity contribution in [2.24, 2.45) is 0 Å². The van der Waals surface area contributed by atoms with E-state index in [-0.39, 0.29) is 5.69 Å². The van der Waals surface area contributed by atoms with E-state index >= 15 is 0 Å². The molecule has 0 amide bonds. The molecule has 0 aliphatic carbocycles. The van der Waals surface area contributed by atoms with Gasteiger partial charge in [0.2, 0.25) is 0 Å². The normalized spacial score (nSPS) is 11.6. The standard InChI is InChI=1S/C11H17N3O4S/c1-5-6-13-9(19-11(3,4)10(15)16)8(14(17)18)7(2)12-13/h5-6H2,1-4H3,(H,15,16). The van der Waals surface area contributed by atoms with E-state index in [0.29, 0.717) is 17.3 Å². The first kappa shape index (κ1) is 15.5. The molecule has 19 heavy (non-hydrogen) atoms. The number of nitro groups is 1. The van der Waals surface area contributed by atoms with Crippen LogP contribution in [0.3, 0.4) is 0 Å². The van der Waals surface area contributed by atoms with E-state index in [0.717, 1.165) is 18.2 Å². The molecule has 0 aromatic carbocycles. The average Bonchev–Trinajstić information content (AvgIpc) is 2.54. The molecule has 0 spiro atoms. The first-order valence-electron chi connectivity index (χ1n) is 5.85. The summed E-state index contributed by atoms with van der Waals surface area (Å²) in [6.45, 7) is 7.04. The Labute approximate surface area is 115 Å². The number of thioether (sulfide) groups is 1. The number of aromatic nitrogens is 2. The van der Waals surface area contributed by atoms with Crippen LogP contribution in [-0.2, 0) is 11.3 Å². The second-order valence-electron chi connectivity index (χ2n) is 4.64. The number of hydrogen-bond acceptors (Lipinski definition) is 5. The minimum absolute atomic E-state index is 0.104. The predicted octanol–water partition coefficient (Wildman–Crippen LogP) is 2.47. The van der Waals surface area contributed by atoms with Crippen molar-refractivity contribution in [3.05, 3.63) is 15.8 Å². The van der Waals surface area contributed by atoms with Gasteiger partial charge < -0.3 is 5.11 Å². The second kappa shape index (κ2) is 5.60. The van der Waals surface area contributed by atoms with Crippen LogP contribution >= 0.6 is 11.8 Å². The lowest BCUT2D eigenvalue weighted by molar-refractivity contribution is -0.388. The summed E-state index contributed by atoms with van der Waals surface area (Å²) in [6, 6.07) is 0. The zero-order valence-corrected chi connectivity index (χ0v) is 12.2. The molecule has 1 rings (SSSR count). The molecule has 0 aliphatic rings. The molecule has 0 saturated carbocycles. The number of carboxylic acids is 1. The third-order valence-corrected chi connectivity index (χ3v) is 3.82. The quantitative estimate of drug-likeness (QED) is 0.490. The maximum atomic E-state index is 11.2. The molecular weight excluding hydrogens is 270 g/mol. The van der Waals surface area contributed by atoms with Crippen molar-refractivity contribution in [2.45, 2.75) is 50.4 Å². The molecular formula is C11H17N3O4S. The van der Waals surface area contributed by atoms with Crippen molar-refractivity contribution >= 4 is 23.4 Å². The van der Waals surface area contributed by atoms with Crippen LogP contribution in [-0.4, -0.2) is 30.5 Å². The Morgan fingerprint density at radius 2 is 2.16 bits per heavy atom. The molecule has 106 valence electrons. The molecule has 1 heterocycles. The van der Waals surface area contributed by atoms with Crippen molar-refractivity contribution < 1.29 is 14.8 Å². The van der Waals surface area contributed by atoms with Gasteiger partial charge in [-0.05, 0) is 27.2 Å². The summed E-state index contributed by atoms with van der Waals surface area (Å²) in [5, 5.41) is 24.7. The molecule has 0 saturated heterocycles. The Morgan fingerprint density at radius 3 is 2.58 bits per heavy atom. The van der Waals surface area contributed by atoms with Crippen LogP contribution in [0.15, 0.2) is 5.03 Å². The summed E-state index contributed by atoms with van der Waals surface area (Å²) in [5.74, 6) is -1.02. The fraction of sp³-hybridized carbons (Fsp3) is 0.636. The maximum Gasteiger partial charge on any atom is 0.323 e. The largest absolute Gasteiger partial charge is 0.480 e. The number of nitrogens with zero attached hydrogens (tertiary/aromatic N) is 3. The van der Waals surface area contributed by atoms with Gasteiger partial charge >= 0.3 is 11.7 Å². The Bertz CT molecular complexity index is 510. The number of aryl methyl sites for hydroxylation is 2. The number of carboxylic acid groups (broad SMARTS) is 1. The van der Waals surface area contributed by atoms with E-state index in [1.807, 2.05) is 6.92 Å². The molecule has 1 aromatic heterocycles. The molecule has 0 aliphatic heterocycles. The number of carbonyl (C=O) groups is 1. The highest BCUT2D eigenvalue weighted by Gasteiger charge is 2.35. The van der Waals surface area contributed by atoms with E-state index in [4.69, 9.17) is 5.11 Å². The highest BCUT2D eigenvalue weighted by Crippen LogP contribution is 2.39. The van der Waals surface area contributed by atoms with E-state index < -0.39 is 15.6 Å². The minimum Gasteiger partial charge on any atom is -0.480 e. The topological polar surface area (TPSA) is 98.3 Å². The summed E-state index contributed by atoms with van der Waals surface area (Å²) in [5.41, 5.74) is 0.204. The van der Waals surface area contributed by atoms with E-state index in [2.05, 4.69) is 5.10 Å². The van der Waals surface area contributed by atoms with Gasteiger partial charge in [-0.15, -0.1) is 0 Å². The number of aliphatic carboxylic acids is 1. The van der Waals surface area contributed by atoms with Crippen LogP contribution in [0.25, 0.3) is 0 Å². The van der Waals surface area contributed by atoms with Gasteiger partial charge in [-0.3, -0.25) is 19.6 Å². The third-order valence-electron chi connectivity index (χ3n) is 2.54. The van der Waals surface area contributed by atoms with Crippen molar-refractivity contribution in [3.63, 3.8) is 0 Å². The SMILES string of the molecule is CCCn1nc(C)c([N+](=O)[O-])c1SC(C)(C)C(=O)O. The van der Waals surface area contributed by atoms with Crippen molar-refractivity contribution in [1.29, 1.82) is 0 Å². The number of hydrogen-bond donors (Lipinski definition) is 1. The predicted molar refractivity (Wildman–Crippen MR) is 71.5 cm³/mol. The Balaban J connectivity index is 3.30. The zero-order valence-electron chi connectivity index (χ0n) is 11.3. The molecule has 0 atom stereocenters. The maximum absolute atomic E-state index is 11.2. The van der Waals surface area contributed by atoms with Gasteiger partial charge in [0.25, 0.3) is 0 Å². The minimum atomic E-state index is -1.15. The summed E-state index contributed by atoms with van der Waals surface area (Å²) < 4.78 is 0.367. The third kappa shape index (κ3) is 3.25. The second-order valence-corrected chi connectivity index (χ2v) is 6.25. The van der Waals surface area contributed by atoms with Gasteiger partial charge in [-0.1, -0.05) is 18.7 Å². The lowest BCUT2D eigenvalue weighted by Crippen LogP contribution is -2.27. The molecule has 1 N–H and O–H groups in total. The molecule has 8 heteroatoms. The lowest BCUT2D eigenvalue weighted by atomic mass is 10.2. The summed E-state index contributed by atoms with van der Waals surface area (Å²) >= 11 is 0.956. The van der Waals surface area contributed by atoms with E-state index in [1.54, 1.807) is 6.92 Å². The fourth-order valence-electron chi connectivity index (χ4n) is 1.51. The fourth-order valence-corrected chi connectivity index (χ4v) is 2.64. The summed E-state index contributed by atoms with van der Waals surface area (Å²) in [7, 11) is 0. The monoisotopic (exact) mass is 287 g/mol. The molecule has 0 unspecified atom stereocenters. The van der Waals surface area contributed by atoms with Crippen LogP contribution in [0.4, 0.5) is 5.69 Å². The van der Waals surface area contributed by atoms with Gasteiger partial charge in [0.1, 0.15) is 10.4 Å². The average molecular weight is 287 g/mol.